The third-order valence-electron chi connectivity index (χ3n) is 2.51. The molecule has 0 bridgehead atoms. The summed E-state index contributed by atoms with van der Waals surface area (Å²) >= 11 is 0. The maximum Gasteiger partial charge on any atom is 0.317 e. The smallest absolute Gasteiger partial charge is 0.317 e. The van der Waals surface area contributed by atoms with E-state index in [1.165, 1.54) is 4.90 Å². The van der Waals surface area contributed by atoms with E-state index in [1.54, 1.807) is 19.4 Å². The lowest BCUT2D eigenvalue weighted by atomic mass is 10.4. The van der Waals surface area contributed by atoms with E-state index >= 15 is 0 Å². The summed E-state index contributed by atoms with van der Waals surface area (Å²) in [4.78, 5) is 17.2. The summed E-state index contributed by atoms with van der Waals surface area (Å²) in [5.74, 6) is 1.59. The van der Waals surface area contributed by atoms with Crippen molar-refractivity contribution < 1.29 is 9.21 Å². The van der Waals surface area contributed by atoms with Gasteiger partial charge in [-0.15, -0.1) is 5.10 Å². The molecule has 0 saturated carbocycles. The van der Waals surface area contributed by atoms with Gasteiger partial charge in [-0.05, 0) is 12.1 Å². The van der Waals surface area contributed by atoms with Gasteiger partial charge in [-0.3, -0.25) is 5.10 Å². The number of amides is 2. The van der Waals surface area contributed by atoms with Crippen LogP contribution in [0.4, 0.5) is 10.7 Å². The first-order chi connectivity index (χ1) is 9.15. The Kier molecular flexibility index (Phi) is 4.01. The Morgan fingerprint density at radius 1 is 1.63 bits per heavy atom. The molecule has 0 spiro atoms. The molecular weight excluding hydrogens is 248 g/mol. The van der Waals surface area contributed by atoms with Crippen molar-refractivity contribution in [1.82, 2.24) is 25.4 Å². The standard InChI is InChI=1S/C11H16N6O2/c1-17(7-8-3-2-6-19-8)11(18)13-5-4-9-14-10(12)16-15-9/h2-3,6H,4-5,7H2,1H3,(H,13,18)(H3,12,14,15,16). The lowest BCUT2D eigenvalue weighted by Crippen LogP contribution is -2.37. The van der Waals surface area contributed by atoms with Gasteiger partial charge in [-0.2, -0.15) is 4.98 Å². The second kappa shape index (κ2) is 5.89. The minimum atomic E-state index is -0.177. The highest BCUT2D eigenvalue weighted by Gasteiger charge is 2.10. The van der Waals surface area contributed by atoms with Gasteiger partial charge in [0.1, 0.15) is 11.6 Å². The zero-order chi connectivity index (χ0) is 13.7. The maximum absolute atomic E-state index is 11.8. The van der Waals surface area contributed by atoms with Crippen molar-refractivity contribution in [3.8, 4) is 0 Å². The van der Waals surface area contributed by atoms with E-state index in [1.807, 2.05) is 6.07 Å². The SMILES string of the molecule is CN(Cc1ccco1)C(=O)NCCc1nc(N)n[nH]1. The van der Waals surface area contributed by atoms with E-state index in [9.17, 15) is 4.79 Å². The predicted molar refractivity (Wildman–Crippen MR) is 68.1 cm³/mol. The van der Waals surface area contributed by atoms with Crippen LogP contribution in [0, 0.1) is 0 Å². The summed E-state index contributed by atoms with van der Waals surface area (Å²) in [6.45, 7) is 0.879. The first-order valence-corrected chi connectivity index (χ1v) is 5.83. The quantitative estimate of drug-likeness (QED) is 0.721. The van der Waals surface area contributed by atoms with Crippen LogP contribution in [0.15, 0.2) is 22.8 Å². The molecule has 0 aliphatic rings. The van der Waals surface area contributed by atoms with Crippen LogP contribution in [0.25, 0.3) is 0 Å². The normalized spacial score (nSPS) is 10.4. The van der Waals surface area contributed by atoms with Crippen LogP contribution in [0.5, 0.6) is 0 Å². The fourth-order valence-corrected chi connectivity index (χ4v) is 1.55. The lowest BCUT2D eigenvalue weighted by Gasteiger charge is -2.16. The molecule has 0 radical (unpaired) electrons. The third kappa shape index (κ3) is 3.73. The van der Waals surface area contributed by atoms with Crippen molar-refractivity contribution in [1.29, 1.82) is 0 Å². The van der Waals surface area contributed by atoms with Crippen molar-refractivity contribution in [3.05, 3.63) is 30.0 Å². The molecule has 19 heavy (non-hydrogen) atoms. The lowest BCUT2D eigenvalue weighted by molar-refractivity contribution is 0.203. The van der Waals surface area contributed by atoms with Gasteiger partial charge in [-0.1, -0.05) is 0 Å². The number of H-pyrrole nitrogens is 1. The molecule has 8 heteroatoms. The second-order valence-electron chi connectivity index (χ2n) is 4.06. The molecule has 0 saturated heterocycles. The number of anilines is 1. The molecule has 0 unspecified atom stereocenters. The van der Waals surface area contributed by atoms with Gasteiger partial charge < -0.3 is 20.4 Å². The molecule has 2 aromatic heterocycles. The van der Waals surface area contributed by atoms with Crippen LogP contribution in [0.3, 0.4) is 0 Å². The first-order valence-electron chi connectivity index (χ1n) is 5.83. The molecule has 0 aliphatic heterocycles. The number of nitrogens with zero attached hydrogens (tertiary/aromatic N) is 3. The molecule has 2 heterocycles. The summed E-state index contributed by atoms with van der Waals surface area (Å²) < 4.78 is 5.17. The molecular formula is C11H16N6O2. The number of urea groups is 1. The van der Waals surface area contributed by atoms with Gasteiger partial charge in [0, 0.05) is 20.0 Å². The van der Waals surface area contributed by atoms with Gasteiger partial charge in [0.25, 0.3) is 0 Å². The van der Waals surface area contributed by atoms with E-state index in [2.05, 4.69) is 20.5 Å². The number of aromatic nitrogens is 3. The molecule has 102 valence electrons. The molecule has 2 aromatic rings. The number of furan rings is 1. The van der Waals surface area contributed by atoms with E-state index in [4.69, 9.17) is 10.2 Å². The molecule has 8 nitrogen and oxygen atoms in total. The number of nitrogen functional groups attached to an aromatic ring is 1. The Bertz CT molecular complexity index is 521. The predicted octanol–water partition coefficient (Wildman–Crippen LogP) is 0.364. The van der Waals surface area contributed by atoms with Crippen molar-refractivity contribution in [2.45, 2.75) is 13.0 Å². The molecule has 2 rings (SSSR count). The largest absolute Gasteiger partial charge is 0.467 e. The summed E-state index contributed by atoms with van der Waals surface area (Å²) in [5.41, 5.74) is 5.37. The van der Waals surface area contributed by atoms with Gasteiger partial charge >= 0.3 is 6.03 Å². The Balaban J connectivity index is 1.71. The number of carbonyl (C=O) groups is 1. The second-order valence-corrected chi connectivity index (χ2v) is 4.06. The summed E-state index contributed by atoms with van der Waals surface area (Å²) in [5, 5.41) is 9.15. The summed E-state index contributed by atoms with van der Waals surface area (Å²) in [6.07, 6.45) is 2.12. The van der Waals surface area contributed by atoms with Crippen molar-refractivity contribution in [2.75, 3.05) is 19.3 Å². The topological polar surface area (TPSA) is 113 Å². The molecule has 0 aliphatic carbocycles. The van der Waals surface area contributed by atoms with Crippen LogP contribution in [0.2, 0.25) is 0 Å². The first kappa shape index (κ1) is 12.9. The molecule has 0 aromatic carbocycles. The number of hydrogen-bond acceptors (Lipinski definition) is 5. The average Bonchev–Trinajstić information content (AvgIpc) is 3.01. The number of nitrogens with two attached hydrogens (primary N) is 1. The fourth-order valence-electron chi connectivity index (χ4n) is 1.55. The average molecular weight is 264 g/mol. The van der Waals surface area contributed by atoms with Crippen molar-refractivity contribution >= 4 is 12.0 Å². The van der Waals surface area contributed by atoms with Crippen molar-refractivity contribution in [3.63, 3.8) is 0 Å². The number of rotatable bonds is 5. The van der Waals surface area contributed by atoms with E-state index < -0.39 is 0 Å². The number of carbonyl (C=O) groups excluding carboxylic acids is 1. The Morgan fingerprint density at radius 2 is 2.47 bits per heavy atom. The van der Waals surface area contributed by atoms with E-state index in [0.717, 1.165) is 5.76 Å². The molecule has 2 amide bonds. The molecule has 0 fully saturated rings. The van der Waals surface area contributed by atoms with Gasteiger partial charge in [0.05, 0.1) is 12.8 Å². The maximum atomic E-state index is 11.8. The number of nitrogens with one attached hydrogen (secondary N) is 2. The van der Waals surface area contributed by atoms with Crippen LogP contribution in [0.1, 0.15) is 11.6 Å². The zero-order valence-electron chi connectivity index (χ0n) is 10.6. The van der Waals surface area contributed by atoms with E-state index in [0.29, 0.717) is 25.3 Å². The Labute approximate surface area is 110 Å². The highest BCUT2D eigenvalue weighted by molar-refractivity contribution is 5.73. The van der Waals surface area contributed by atoms with Crippen LogP contribution in [-0.2, 0) is 13.0 Å². The Morgan fingerprint density at radius 3 is 3.11 bits per heavy atom. The highest BCUT2D eigenvalue weighted by atomic mass is 16.3. The van der Waals surface area contributed by atoms with Crippen LogP contribution < -0.4 is 11.1 Å². The monoisotopic (exact) mass is 264 g/mol. The third-order valence-corrected chi connectivity index (χ3v) is 2.51. The highest BCUT2D eigenvalue weighted by Crippen LogP contribution is 2.03. The van der Waals surface area contributed by atoms with Gasteiger partial charge in [0.2, 0.25) is 5.95 Å². The number of aromatic amines is 1. The summed E-state index contributed by atoms with van der Waals surface area (Å²) in [7, 11) is 1.70. The van der Waals surface area contributed by atoms with E-state index in [-0.39, 0.29) is 12.0 Å². The van der Waals surface area contributed by atoms with Crippen LogP contribution in [-0.4, -0.2) is 39.7 Å². The fraction of sp³-hybridized carbons (Fsp3) is 0.364. The minimum absolute atomic E-state index is 0.177. The Hall–Kier alpha value is -2.51. The minimum Gasteiger partial charge on any atom is -0.467 e. The van der Waals surface area contributed by atoms with Gasteiger partial charge in [0.15, 0.2) is 0 Å². The van der Waals surface area contributed by atoms with Crippen LogP contribution >= 0.6 is 0 Å². The van der Waals surface area contributed by atoms with Crippen molar-refractivity contribution in [2.24, 2.45) is 0 Å². The summed E-state index contributed by atoms with van der Waals surface area (Å²) in [6, 6.07) is 3.43. The van der Waals surface area contributed by atoms with Gasteiger partial charge in [-0.25, -0.2) is 4.79 Å². The number of hydrogen-bond donors (Lipinski definition) is 3. The molecule has 4 N–H and O–H groups in total. The zero-order valence-corrected chi connectivity index (χ0v) is 10.6. The molecule has 0 atom stereocenters.